The highest BCUT2D eigenvalue weighted by molar-refractivity contribution is 5.75. The lowest BCUT2D eigenvalue weighted by Crippen LogP contribution is -2.56. The molecule has 5 heteroatoms. The lowest BCUT2D eigenvalue weighted by atomic mass is 9.97. The van der Waals surface area contributed by atoms with E-state index in [4.69, 9.17) is 14.2 Å². The molecule has 3 saturated heterocycles. The summed E-state index contributed by atoms with van der Waals surface area (Å²) in [6.07, 6.45) is 1.91. The number of carbonyl (C=O) groups excluding carboxylic acids is 1. The van der Waals surface area contributed by atoms with E-state index < -0.39 is 5.41 Å². The molecule has 0 saturated carbocycles. The summed E-state index contributed by atoms with van der Waals surface area (Å²) in [5, 5.41) is 0. The minimum Gasteiger partial charge on any atom is -0.463 e. The Morgan fingerprint density at radius 1 is 1.15 bits per heavy atom. The predicted molar refractivity (Wildman–Crippen MR) is 72.9 cm³/mol. The van der Waals surface area contributed by atoms with Gasteiger partial charge in [-0.2, -0.15) is 0 Å². The smallest absolute Gasteiger partial charge is 0.311 e. The van der Waals surface area contributed by atoms with Crippen molar-refractivity contribution in [3.05, 3.63) is 0 Å². The van der Waals surface area contributed by atoms with Crippen LogP contribution in [-0.4, -0.2) is 47.7 Å². The Balaban J connectivity index is 1.78. The molecule has 0 aromatic carbocycles. The molecule has 3 aliphatic heterocycles. The van der Waals surface area contributed by atoms with E-state index in [0.29, 0.717) is 19.8 Å². The van der Waals surface area contributed by atoms with Crippen LogP contribution in [0, 0.1) is 5.41 Å². The fourth-order valence-corrected chi connectivity index (χ4v) is 3.78. The topological polar surface area (TPSA) is 48.0 Å². The highest BCUT2D eigenvalue weighted by atomic mass is 16.6. The molecule has 0 radical (unpaired) electrons. The molecule has 3 fully saturated rings. The summed E-state index contributed by atoms with van der Waals surface area (Å²) < 4.78 is 17.6. The fourth-order valence-electron chi connectivity index (χ4n) is 3.78. The molecule has 114 valence electrons. The van der Waals surface area contributed by atoms with Gasteiger partial charge in [-0.3, -0.25) is 4.79 Å². The van der Waals surface area contributed by atoms with Crippen molar-refractivity contribution in [1.82, 2.24) is 4.90 Å². The minimum atomic E-state index is -0.479. The van der Waals surface area contributed by atoms with Crippen molar-refractivity contribution >= 4 is 5.97 Å². The van der Waals surface area contributed by atoms with E-state index in [-0.39, 0.29) is 23.0 Å². The molecule has 2 unspecified atom stereocenters. The maximum Gasteiger partial charge on any atom is 0.311 e. The van der Waals surface area contributed by atoms with Gasteiger partial charge < -0.3 is 14.2 Å². The molecule has 0 spiro atoms. The summed E-state index contributed by atoms with van der Waals surface area (Å²) in [5.74, 6) is -0.173. The molecule has 20 heavy (non-hydrogen) atoms. The van der Waals surface area contributed by atoms with Crippen LogP contribution in [-0.2, 0) is 19.0 Å². The first kappa shape index (κ1) is 14.3. The second-order valence-electron chi connectivity index (χ2n) is 7.81. The van der Waals surface area contributed by atoms with Crippen LogP contribution in [0.4, 0.5) is 0 Å². The summed E-state index contributed by atoms with van der Waals surface area (Å²) in [4.78, 5) is 14.3. The van der Waals surface area contributed by atoms with E-state index in [1.807, 2.05) is 20.8 Å². The zero-order valence-corrected chi connectivity index (χ0v) is 13.1. The maximum absolute atomic E-state index is 12.0. The standard InChI is InChI=1S/C15H25NO4/c1-12(2,3)11(17)18-8-15-9-19-13(4)6-7-14(5,16(13)15)20-10-15/h6-10H2,1-5H3. The van der Waals surface area contributed by atoms with Crippen LogP contribution in [0.5, 0.6) is 0 Å². The van der Waals surface area contributed by atoms with Crippen molar-refractivity contribution in [3.8, 4) is 0 Å². The van der Waals surface area contributed by atoms with Gasteiger partial charge in [0, 0.05) is 0 Å². The lowest BCUT2D eigenvalue weighted by molar-refractivity contribution is -0.157. The molecule has 3 heterocycles. The summed E-state index contributed by atoms with van der Waals surface area (Å²) in [6.45, 7) is 11.3. The van der Waals surface area contributed by atoms with E-state index in [0.717, 1.165) is 12.8 Å². The second kappa shape index (κ2) is 3.96. The van der Waals surface area contributed by atoms with Gasteiger partial charge in [-0.15, -0.1) is 0 Å². The molecule has 0 aliphatic carbocycles. The Kier molecular flexibility index (Phi) is 2.83. The van der Waals surface area contributed by atoms with Crippen LogP contribution in [0.3, 0.4) is 0 Å². The third-order valence-corrected chi connectivity index (χ3v) is 4.86. The number of rotatable bonds is 2. The van der Waals surface area contributed by atoms with Gasteiger partial charge in [0.15, 0.2) is 0 Å². The summed E-state index contributed by atoms with van der Waals surface area (Å²) >= 11 is 0. The van der Waals surface area contributed by atoms with Gasteiger partial charge in [-0.1, -0.05) is 0 Å². The van der Waals surface area contributed by atoms with Gasteiger partial charge in [-0.25, -0.2) is 4.90 Å². The van der Waals surface area contributed by atoms with Crippen LogP contribution >= 0.6 is 0 Å². The van der Waals surface area contributed by atoms with E-state index in [1.54, 1.807) is 0 Å². The Morgan fingerprint density at radius 3 is 2.10 bits per heavy atom. The van der Waals surface area contributed by atoms with Crippen molar-refractivity contribution in [1.29, 1.82) is 0 Å². The Bertz CT molecular complexity index is 422. The van der Waals surface area contributed by atoms with Crippen molar-refractivity contribution in [2.24, 2.45) is 5.41 Å². The molecule has 0 bridgehead atoms. The van der Waals surface area contributed by atoms with Gasteiger partial charge >= 0.3 is 5.97 Å². The van der Waals surface area contributed by atoms with Crippen LogP contribution in [0.2, 0.25) is 0 Å². The van der Waals surface area contributed by atoms with E-state index in [2.05, 4.69) is 18.7 Å². The van der Waals surface area contributed by atoms with Crippen molar-refractivity contribution < 1.29 is 19.0 Å². The number of hydrogen-bond donors (Lipinski definition) is 0. The third kappa shape index (κ3) is 1.83. The van der Waals surface area contributed by atoms with Crippen LogP contribution < -0.4 is 0 Å². The van der Waals surface area contributed by atoms with Crippen molar-refractivity contribution in [2.75, 3.05) is 19.8 Å². The van der Waals surface area contributed by atoms with E-state index in [9.17, 15) is 4.79 Å². The molecule has 3 aliphatic rings. The Labute approximate surface area is 120 Å². The molecule has 5 nitrogen and oxygen atoms in total. The molecule has 3 rings (SSSR count). The number of hydrogen-bond acceptors (Lipinski definition) is 5. The molecule has 0 aromatic heterocycles. The zero-order valence-electron chi connectivity index (χ0n) is 13.1. The van der Waals surface area contributed by atoms with Gasteiger partial charge in [0.2, 0.25) is 0 Å². The molecular weight excluding hydrogens is 258 g/mol. The second-order valence-corrected chi connectivity index (χ2v) is 7.81. The van der Waals surface area contributed by atoms with E-state index in [1.165, 1.54) is 0 Å². The molecule has 2 atom stereocenters. The number of carbonyl (C=O) groups is 1. The van der Waals surface area contributed by atoms with Crippen LogP contribution in [0.1, 0.15) is 47.5 Å². The average molecular weight is 283 g/mol. The fraction of sp³-hybridized carbons (Fsp3) is 0.933. The monoisotopic (exact) mass is 283 g/mol. The van der Waals surface area contributed by atoms with Crippen molar-refractivity contribution in [2.45, 2.75) is 64.4 Å². The third-order valence-electron chi connectivity index (χ3n) is 4.86. The van der Waals surface area contributed by atoms with Crippen LogP contribution in [0.15, 0.2) is 0 Å². The average Bonchev–Trinajstić information content (AvgIpc) is 2.91. The summed E-state index contributed by atoms with van der Waals surface area (Å²) in [5.41, 5.74) is -1.35. The number of ether oxygens (including phenoxy) is 3. The van der Waals surface area contributed by atoms with Gasteiger partial charge in [0.25, 0.3) is 0 Å². The first-order chi connectivity index (χ1) is 9.12. The molecule has 0 aromatic rings. The van der Waals surface area contributed by atoms with E-state index >= 15 is 0 Å². The quantitative estimate of drug-likeness (QED) is 0.724. The molecular formula is C15H25NO4. The number of nitrogens with zero attached hydrogens (tertiary/aromatic N) is 1. The van der Waals surface area contributed by atoms with Gasteiger partial charge in [0.1, 0.15) is 23.6 Å². The zero-order chi connectivity index (χ0) is 14.8. The minimum absolute atomic E-state index is 0.173. The van der Waals surface area contributed by atoms with Gasteiger partial charge in [0.05, 0.1) is 18.6 Å². The molecule has 0 amide bonds. The Hall–Kier alpha value is -0.650. The SMILES string of the molecule is CC(C)(C)C(=O)OCC12COC3(C)CCC(C)(OC1)N23. The van der Waals surface area contributed by atoms with Crippen molar-refractivity contribution in [3.63, 3.8) is 0 Å². The number of esters is 1. The lowest BCUT2D eigenvalue weighted by Gasteiger charge is -2.37. The summed E-state index contributed by atoms with van der Waals surface area (Å²) in [7, 11) is 0. The van der Waals surface area contributed by atoms with Crippen LogP contribution in [0.25, 0.3) is 0 Å². The first-order valence-corrected chi connectivity index (χ1v) is 7.37. The van der Waals surface area contributed by atoms with Gasteiger partial charge in [-0.05, 0) is 47.5 Å². The maximum atomic E-state index is 12.0. The Morgan fingerprint density at radius 2 is 1.65 bits per heavy atom. The molecule has 0 N–H and O–H groups in total. The predicted octanol–water partition coefficient (Wildman–Crippen LogP) is 1.90. The highest BCUT2D eigenvalue weighted by Gasteiger charge is 2.69. The normalized spacial score (nSPS) is 43.9. The largest absolute Gasteiger partial charge is 0.463 e. The highest BCUT2D eigenvalue weighted by Crippen LogP contribution is 2.55. The summed E-state index contributed by atoms with van der Waals surface area (Å²) in [6, 6.07) is 0. The first-order valence-electron chi connectivity index (χ1n) is 7.37.